The van der Waals surface area contributed by atoms with Crippen LogP contribution in [0.15, 0.2) is 23.7 Å². The van der Waals surface area contributed by atoms with E-state index in [-0.39, 0.29) is 0 Å². The van der Waals surface area contributed by atoms with Gasteiger partial charge in [0.25, 0.3) is 0 Å². The first-order chi connectivity index (χ1) is 8.44. The van der Waals surface area contributed by atoms with Crippen LogP contribution < -0.4 is 5.43 Å². The Balaban J connectivity index is 2.16. The van der Waals surface area contributed by atoms with Crippen molar-refractivity contribution in [1.82, 2.24) is 15.3 Å². The van der Waals surface area contributed by atoms with Gasteiger partial charge in [-0.1, -0.05) is 20.8 Å². The monoisotopic (exact) mass is 246 g/mol. The van der Waals surface area contributed by atoms with Crippen molar-refractivity contribution in [1.29, 1.82) is 5.26 Å². The molecule has 1 unspecified atom stereocenters. The van der Waals surface area contributed by atoms with Gasteiger partial charge in [0.1, 0.15) is 17.6 Å². The normalized spacial score (nSPS) is 26.9. The lowest BCUT2D eigenvalue weighted by atomic mass is 9.75. The Morgan fingerprint density at radius 3 is 2.72 bits per heavy atom. The molecule has 0 bridgehead atoms. The molecule has 98 valence electrons. The van der Waals surface area contributed by atoms with Crippen LogP contribution in [0.2, 0.25) is 0 Å². The van der Waals surface area contributed by atoms with Gasteiger partial charge in [-0.25, -0.2) is 0 Å². The van der Waals surface area contributed by atoms with E-state index < -0.39 is 0 Å². The van der Waals surface area contributed by atoms with Crippen molar-refractivity contribution in [2.45, 2.75) is 27.2 Å². The van der Waals surface area contributed by atoms with E-state index in [0.717, 1.165) is 24.8 Å². The summed E-state index contributed by atoms with van der Waals surface area (Å²) in [7, 11) is 1.96. The van der Waals surface area contributed by atoms with Crippen molar-refractivity contribution in [3.05, 3.63) is 23.7 Å². The Hall–Kier alpha value is -1.63. The quantitative estimate of drug-likeness (QED) is 0.769. The van der Waals surface area contributed by atoms with Crippen LogP contribution in [0.25, 0.3) is 0 Å². The maximum atomic E-state index is 8.87. The van der Waals surface area contributed by atoms with Gasteiger partial charge in [0.2, 0.25) is 0 Å². The van der Waals surface area contributed by atoms with Crippen molar-refractivity contribution < 1.29 is 0 Å². The van der Waals surface area contributed by atoms with Gasteiger partial charge in [0.05, 0.1) is 0 Å². The molecular formula is C14H22N4. The third kappa shape index (κ3) is 2.31. The van der Waals surface area contributed by atoms with Gasteiger partial charge >= 0.3 is 0 Å². The number of hydrogen-bond acceptors (Lipinski definition) is 4. The standard InChI is InChI=1S/C14H22N4/c1-11-7-8-18(10-14(11,2)3)13-6-5-12(9-15)16-17(13)4/h5-6,11,16H,7-8,10H2,1-4H3. The topological polar surface area (TPSA) is 42.3 Å². The minimum atomic E-state index is 0.332. The van der Waals surface area contributed by atoms with E-state index in [1.807, 2.05) is 24.2 Å². The van der Waals surface area contributed by atoms with Gasteiger partial charge < -0.3 is 4.90 Å². The van der Waals surface area contributed by atoms with E-state index in [4.69, 9.17) is 5.26 Å². The van der Waals surface area contributed by atoms with E-state index in [1.54, 1.807) is 0 Å². The molecule has 2 aliphatic rings. The van der Waals surface area contributed by atoms with Gasteiger partial charge in [-0.05, 0) is 29.9 Å². The second kappa shape index (κ2) is 4.56. The molecule has 1 fully saturated rings. The zero-order chi connectivity index (χ0) is 13.3. The molecule has 2 heterocycles. The molecule has 1 atom stereocenters. The largest absolute Gasteiger partial charge is 0.356 e. The summed E-state index contributed by atoms with van der Waals surface area (Å²) < 4.78 is 0. The summed E-state index contributed by atoms with van der Waals surface area (Å²) in [4.78, 5) is 2.40. The van der Waals surface area contributed by atoms with Crippen LogP contribution in [-0.4, -0.2) is 30.0 Å². The van der Waals surface area contributed by atoms with Crippen molar-refractivity contribution in [3.8, 4) is 6.07 Å². The van der Waals surface area contributed by atoms with Crippen LogP contribution in [0.1, 0.15) is 27.2 Å². The predicted molar refractivity (Wildman–Crippen MR) is 71.8 cm³/mol. The number of nitrogens with zero attached hydrogens (tertiary/aromatic N) is 3. The van der Waals surface area contributed by atoms with Crippen molar-refractivity contribution in [3.63, 3.8) is 0 Å². The number of hydrogen-bond donors (Lipinski definition) is 1. The lowest BCUT2D eigenvalue weighted by molar-refractivity contribution is 0.0599. The molecule has 0 aromatic rings. The van der Waals surface area contributed by atoms with E-state index in [9.17, 15) is 0 Å². The average molecular weight is 246 g/mol. The molecular weight excluding hydrogens is 224 g/mol. The molecule has 4 heteroatoms. The lowest BCUT2D eigenvalue weighted by Gasteiger charge is -2.46. The van der Waals surface area contributed by atoms with Gasteiger partial charge in [0.15, 0.2) is 0 Å². The zero-order valence-electron chi connectivity index (χ0n) is 11.7. The SMILES string of the molecule is CC1CCN(C2=CC=C(C#N)NN2C)CC1(C)C. The van der Waals surface area contributed by atoms with Crippen LogP contribution >= 0.6 is 0 Å². The molecule has 2 aliphatic heterocycles. The van der Waals surface area contributed by atoms with E-state index >= 15 is 0 Å². The second-order valence-corrected chi connectivity index (χ2v) is 5.99. The summed E-state index contributed by atoms with van der Waals surface area (Å²) in [5, 5.41) is 10.8. The van der Waals surface area contributed by atoms with Crippen LogP contribution in [0, 0.1) is 22.7 Å². The fourth-order valence-corrected chi connectivity index (χ4v) is 2.59. The molecule has 0 spiro atoms. The molecule has 1 N–H and O–H groups in total. The molecule has 0 aromatic heterocycles. The molecule has 18 heavy (non-hydrogen) atoms. The average Bonchev–Trinajstić information content (AvgIpc) is 2.32. The summed E-state index contributed by atoms with van der Waals surface area (Å²) >= 11 is 0. The number of piperidine rings is 1. The van der Waals surface area contributed by atoms with E-state index in [2.05, 4.69) is 37.2 Å². The lowest BCUT2D eigenvalue weighted by Crippen LogP contribution is -2.49. The Morgan fingerprint density at radius 2 is 2.17 bits per heavy atom. The first kappa shape index (κ1) is 12.8. The van der Waals surface area contributed by atoms with Crippen molar-refractivity contribution >= 4 is 0 Å². The minimum absolute atomic E-state index is 0.332. The maximum absolute atomic E-state index is 8.87. The summed E-state index contributed by atoms with van der Waals surface area (Å²) in [6.07, 6.45) is 5.09. The fourth-order valence-electron chi connectivity index (χ4n) is 2.59. The molecule has 1 saturated heterocycles. The highest BCUT2D eigenvalue weighted by molar-refractivity contribution is 5.29. The van der Waals surface area contributed by atoms with Crippen molar-refractivity contribution in [2.24, 2.45) is 11.3 Å². The van der Waals surface area contributed by atoms with Crippen LogP contribution in [0.4, 0.5) is 0 Å². The highest BCUT2D eigenvalue weighted by Crippen LogP contribution is 2.36. The highest BCUT2D eigenvalue weighted by atomic mass is 15.6. The van der Waals surface area contributed by atoms with Gasteiger partial charge in [-0.3, -0.25) is 10.4 Å². The summed E-state index contributed by atoms with van der Waals surface area (Å²) in [5.41, 5.74) is 4.00. The first-order valence-corrected chi connectivity index (χ1v) is 6.51. The number of likely N-dealkylation sites (tertiary alicyclic amines) is 1. The number of hydrazine groups is 1. The summed E-state index contributed by atoms with van der Waals surface area (Å²) in [6.45, 7) is 9.14. The smallest absolute Gasteiger partial charge is 0.132 e. The van der Waals surface area contributed by atoms with Gasteiger partial charge in [-0.2, -0.15) is 5.26 Å². The first-order valence-electron chi connectivity index (χ1n) is 6.51. The third-order valence-corrected chi connectivity index (χ3v) is 4.24. The van der Waals surface area contributed by atoms with Gasteiger partial charge in [0, 0.05) is 20.1 Å². The fraction of sp³-hybridized carbons (Fsp3) is 0.643. The Morgan fingerprint density at radius 1 is 1.44 bits per heavy atom. The second-order valence-electron chi connectivity index (χ2n) is 5.99. The van der Waals surface area contributed by atoms with Crippen LogP contribution in [-0.2, 0) is 0 Å². The van der Waals surface area contributed by atoms with E-state index in [1.165, 1.54) is 6.42 Å². The summed E-state index contributed by atoms with van der Waals surface area (Å²) in [5.74, 6) is 1.90. The number of allylic oxidation sites excluding steroid dienone is 3. The molecule has 0 aromatic carbocycles. The number of nitrogens with one attached hydrogen (secondary N) is 1. The predicted octanol–water partition coefficient (Wildman–Crippen LogP) is 2.05. The number of rotatable bonds is 1. The minimum Gasteiger partial charge on any atom is -0.356 e. The highest BCUT2D eigenvalue weighted by Gasteiger charge is 2.34. The molecule has 4 nitrogen and oxygen atoms in total. The molecule has 0 aliphatic carbocycles. The molecule has 0 radical (unpaired) electrons. The van der Waals surface area contributed by atoms with Crippen LogP contribution in [0.5, 0.6) is 0 Å². The Labute approximate surface area is 110 Å². The molecule has 0 saturated carbocycles. The summed E-state index contributed by atoms with van der Waals surface area (Å²) in [6, 6.07) is 2.13. The Bertz CT molecular complexity index is 428. The molecule has 0 amide bonds. The van der Waals surface area contributed by atoms with Crippen molar-refractivity contribution in [2.75, 3.05) is 20.1 Å². The maximum Gasteiger partial charge on any atom is 0.132 e. The molecule has 2 rings (SSSR count). The zero-order valence-corrected chi connectivity index (χ0v) is 11.7. The van der Waals surface area contributed by atoms with Crippen LogP contribution in [0.3, 0.4) is 0 Å². The Kier molecular flexibility index (Phi) is 3.25. The van der Waals surface area contributed by atoms with E-state index in [0.29, 0.717) is 11.1 Å². The number of nitriles is 1. The third-order valence-electron chi connectivity index (χ3n) is 4.24. The van der Waals surface area contributed by atoms with Gasteiger partial charge in [-0.15, -0.1) is 0 Å².